The molecule has 0 saturated heterocycles. The van der Waals surface area contributed by atoms with Crippen molar-refractivity contribution in [3.8, 4) is 0 Å². The lowest BCUT2D eigenvalue weighted by Gasteiger charge is -2.29. The SMILES string of the molecule is CCCCNC(=O)C(C)N(Cc1ccc(Cl)cc1Cl)C(=O)CCCN(C)S(=O)(=O)c1ccccc1. The minimum atomic E-state index is -3.64. The summed E-state index contributed by atoms with van der Waals surface area (Å²) in [4.78, 5) is 27.6. The molecule has 0 aliphatic heterocycles. The molecular weight excluding hydrogens is 509 g/mol. The van der Waals surface area contributed by atoms with Crippen molar-refractivity contribution in [1.29, 1.82) is 0 Å². The van der Waals surface area contributed by atoms with E-state index in [9.17, 15) is 18.0 Å². The second-order valence-electron chi connectivity index (χ2n) is 8.32. The minimum absolute atomic E-state index is 0.0758. The second kappa shape index (κ2) is 13.8. The normalized spacial score (nSPS) is 12.4. The van der Waals surface area contributed by atoms with Crippen LogP contribution in [0.4, 0.5) is 0 Å². The lowest BCUT2D eigenvalue weighted by atomic mass is 10.1. The van der Waals surface area contributed by atoms with Crippen LogP contribution in [0, 0.1) is 0 Å². The number of hydrogen-bond donors (Lipinski definition) is 1. The molecule has 0 heterocycles. The van der Waals surface area contributed by atoms with E-state index in [4.69, 9.17) is 23.2 Å². The topological polar surface area (TPSA) is 86.8 Å². The molecule has 0 aliphatic rings. The van der Waals surface area contributed by atoms with E-state index >= 15 is 0 Å². The number of carbonyl (C=O) groups excluding carboxylic acids is 2. The van der Waals surface area contributed by atoms with Crippen LogP contribution in [0.1, 0.15) is 45.1 Å². The zero-order valence-electron chi connectivity index (χ0n) is 20.3. The van der Waals surface area contributed by atoms with Gasteiger partial charge in [0.1, 0.15) is 6.04 Å². The summed E-state index contributed by atoms with van der Waals surface area (Å²) in [5, 5.41) is 3.75. The largest absolute Gasteiger partial charge is 0.354 e. The van der Waals surface area contributed by atoms with Gasteiger partial charge in [-0.3, -0.25) is 9.59 Å². The minimum Gasteiger partial charge on any atom is -0.354 e. The summed E-state index contributed by atoms with van der Waals surface area (Å²) in [5.74, 6) is -0.514. The fraction of sp³-hybridized carbons (Fsp3) is 0.440. The molecule has 0 spiro atoms. The van der Waals surface area contributed by atoms with Crippen LogP contribution in [0.15, 0.2) is 53.4 Å². The predicted octanol–water partition coefficient (Wildman–Crippen LogP) is 4.73. The van der Waals surface area contributed by atoms with Gasteiger partial charge in [0.15, 0.2) is 0 Å². The molecule has 0 aromatic heterocycles. The molecule has 7 nitrogen and oxygen atoms in total. The van der Waals surface area contributed by atoms with Gasteiger partial charge in [0.25, 0.3) is 0 Å². The summed E-state index contributed by atoms with van der Waals surface area (Å²) in [6.07, 6.45) is 2.16. The van der Waals surface area contributed by atoms with Crippen molar-refractivity contribution in [2.45, 2.75) is 57.0 Å². The third kappa shape index (κ3) is 8.49. The van der Waals surface area contributed by atoms with Crippen LogP contribution in [-0.4, -0.2) is 55.6 Å². The molecule has 0 saturated carbocycles. The Bertz CT molecular complexity index is 1100. The summed E-state index contributed by atoms with van der Waals surface area (Å²) in [6, 6.07) is 12.4. The smallest absolute Gasteiger partial charge is 0.242 e. The summed E-state index contributed by atoms with van der Waals surface area (Å²) in [5.41, 5.74) is 0.668. The Morgan fingerprint density at radius 3 is 2.37 bits per heavy atom. The molecule has 0 fully saturated rings. The number of benzene rings is 2. The number of nitrogens with zero attached hydrogens (tertiary/aromatic N) is 2. The number of amides is 2. The van der Waals surface area contributed by atoms with E-state index in [1.54, 1.807) is 43.3 Å². The van der Waals surface area contributed by atoms with E-state index in [0.29, 0.717) is 28.6 Å². The van der Waals surface area contributed by atoms with Crippen molar-refractivity contribution in [3.05, 3.63) is 64.1 Å². The number of nitrogens with one attached hydrogen (secondary N) is 1. The molecule has 35 heavy (non-hydrogen) atoms. The Morgan fingerprint density at radius 2 is 1.74 bits per heavy atom. The van der Waals surface area contributed by atoms with Gasteiger partial charge in [0, 0.05) is 43.1 Å². The summed E-state index contributed by atoms with van der Waals surface area (Å²) >= 11 is 12.3. The van der Waals surface area contributed by atoms with E-state index in [2.05, 4.69) is 5.32 Å². The van der Waals surface area contributed by atoms with Gasteiger partial charge in [-0.2, -0.15) is 0 Å². The quantitative estimate of drug-likeness (QED) is 0.371. The molecule has 2 aromatic rings. The van der Waals surface area contributed by atoms with Gasteiger partial charge in [0.05, 0.1) is 4.90 Å². The number of halogens is 2. The molecule has 0 aliphatic carbocycles. The van der Waals surface area contributed by atoms with Crippen molar-refractivity contribution in [1.82, 2.24) is 14.5 Å². The number of sulfonamides is 1. The molecule has 2 aromatic carbocycles. The molecule has 2 rings (SSSR count). The van der Waals surface area contributed by atoms with Crippen LogP contribution in [-0.2, 0) is 26.2 Å². The van der Waals surface area contributed by atoms with Gasteiger partial charge in [-0.25, -0.2) is 12.7 Å². The van der Waals surface area contributed by atoms with Crippen LogP contribution in [0.2, 0.25) is 10.0 Å². The first-order valence-corrected chi connectivity index (χ1v) is 13.8. The molecule has 0 radical (unpaired) electrons. The Morgan fingerprint density at radius 1 is 1.06 bits per heavy atom. The predicted molar refractivity (Wildman–Crippen MR) is 140 cm³/mol. The molecule has 2 amide bonds. The number of rotatable bonds is 13. The van der Waals surface area contributed by atoms with E-state index in [-0.39, 0.29) is 36.2 Å². The van der Waals surface area contributed by atoms with Gasteiger partial charge in [-0.05, 0) is 49.6 Å². The van der Waals surface area contributed by atoms with Crippen LogP contribution >= 0.6 is 23.2 Å². The highest BCUT2D eigenvalue weighted by Gasteiger charge is 2.27. The first-order valence-electron chi connectivity index (χ1n) is 11.6. The van der Waals surface area contributed by atoms with Gasteiger partial charge < -0.3 is 10.2 Å². The third-order valence-corrected chi connectivity index (χ3v) is 8.13. The highest BCUT2D eigenvalue weighted by atomic mass is 35.5. The Kier molecular flexibility index (Phi) is 11.5. The number of carbonyl (C=O) groups is 2. The van der Waals surface area contributed by atoms with Crippen LogP contribution in [0.25, 0.3) is 0 Å². The number of hydrogen-bond acceptors (Lipinski definition) is 4. The summed E-state index contributed by atoms with van der Waals surface area (Å²) < 4.78 is 26.7. The van der Waals surface area contributed by atoms with Crippen molar-refractivity contribution in [3.63, 3.8) is 0 Å². The van der Waals surface area contributed by atoms with Crippen molar-refractivity contribution >= 4 is 45.0 Å². The molecule has 1 atom stereocenters. The lowest BCUT2D eigenvalue weighted by Crippen LogP contribution is -2.48. The second-order valence-corrected chi connectivity index (χ2v) is 11.2. The van der Waals surface area contributed by atoms with E-state index in [0.717, 1.165) is 12.8 Å². The average molecular weight is 543 g/mol. The van der Waals surface area contributed by atoms with Crippen molar-refractivity contribution < 1.29 is 18.0 Å². The zero-order valence-corrected chi connectivity index (χ0v) is 22.7. The zero-order chi connectivity index (χ0) is 26.0. The Balaban J connectivity index is 2.10. The maximum atomic E-state index is 13.2. The van der Waals surface area contributed by atoms with Crippen LogP contribution in [0.5, 0.6) is 0 Å². The van der Waals surface area contributed by atoms with E-state index < -0.39 is 16.1 Å². The Labute approximate surface area is 218 Å². The fourth-order valence-corrected chi connectivity index (χ4v) is 5.14. The molecular formula is C25H33Cl2N3O4S. The first-order chi connectivity index (χ1) is 16.6. The third-order valence-electron chi connectivity index (χ3n) is 5.67. The fourth-order valence-electron chi connectivity index (χ4n) is 3.44. The Hall–Kier alpha value is -2.13. The lowest BCUT2D eigenvalue weighted by molar-refractivity contribution is -0.140. The molecule has 1 N–H and O–H groups in total. The highest BCUT2D eigenvalue weighted by Crippen LogP contribution is 2.24. The molecule has 10 heteroatoms. The van der Waals surface area contributed by atoms with E-state index in [1.807, 2.05) is 6.92 Å². The maximum Gasteiger partial charge on any atom is 0.242 e. The average Bonchev–Trinajstić information content (AvgIpc) is 2.83. The van der Waals surface area contributed by atoms with Crippen molar-refractivity contribution in [2.24, 2.45) is 0 Å². The maximum absolute atomic E-state index is 13.2. The molecule has 1 unspecified atom stereocenters. The van der Waals surface area contributed by atoms with Gasteiger partial charge >= 0.3 is 0 Å². The highest BCUT2D eigenvalue weighted by molar-refractivity contribution is 7.89. The molecule has 192 valence electrons. The summed E-state index contributed by atoms with van der Waals surface area (Å²) in [7, 11) is -2.16. The van der Waals surface area contributed by atoms with Gasteiger partial charge in [0.2, 0.25) is 21.8 Å². The monoisotopic (exact) mass is 541 g/mol. The van der Waals surface area contributed by atoms with Gasteiger partial charge in [-0.15, -0.1) is 0 Å². The first kappa shape index (κ1) is 29.1. The van der Waals surface area contributed by atoms with E-state index in [1.165, 1.54) is 28.4 Å². The standard InChI is InChI=1S/C25H33Cl2N3O4S/c1-4-5-15-28-25(32)19(2)30(18-20-13-14-21(26)17-23(20)27)24(31)12-9-16-29(3)35(33,34)22-10-7-6-8-11-22/h6-8,10-11,13-14,17,19H,4-5,9,12,15-16,18H2,1-3H3,(H,28,32). The van der Waals surface area contributed by atoms with Gasteiger partial charge in [-0.1, -0.05) is 60.8 Å². The molecule has 0 bridgehead atoms. The van der Waals surface area contributed by atoms with Crippen LogP contribution < -0.4 is 5.32 Å². The summed E-state index contributed by atoms with van der Waals surface area (Å²) in [6.45, 7) is 4.54. The number of unbranched alkanes of at least 4 members (excludes halogenated alkanes) is 1. The van der Waals surface area contributed by atoms with Crippen LogP contribution in [0.3, 0.4) is 0 Å². The van der Waals surface area contributed by atoms with Crippen molar-refractivity contribution in [2.75, 3.05) is 20.1 Å².